The average Bonchev–Trinajstić information content (AvgIpc) is 2.31. The number of rotatable bonds is 6. The van der Waals surface area contributed by atoms with Crippen LogP contribution in [0.15, 0.2) is 24.3 Å². The zero-order chi connectivity index (χ0) is 12.7. The molecular weight excluding hydrogens is 259 g/mol. The second-order valence-corrected chi connectivity index (χ2v) is 3.63. The van der Waals surface area contributed by atoms with Gasteiger partial charge in [-0.2, -0.15) is 0 Å². The van der Waals surface area contributed by atoms with Crippen LogP contribution in [0.4, 0.5) is 4.39 Å². The van der Waals surface area contributed by atoms with Gasteiger partial charge in [0, 0.05) is 20.0 Å². The minimum Gasteiger partial charge on any atom is -0.489 e. The molecule has 2 N–H and O–H groups in total. The van der Waals surface area contributed by atoms with Crippen molar-refractivity contribution >= 4 is 18.3 Å². The fourth-order valence-electron chi connectivity index (χ4n) is 1.29. The number of carbonyl (C=O) groups excluding carboxylic acids is 1. The Morgan fingerprint density at radius 1 is 1.44 bits per heavy atom. The van der Waals surface area contributed by atoms with Gasteiger partial charge in [-0.25, -0.2) is 4.39 Å². The van der Waals surface area contributed by atoms with Crippen LogP contribution in [0, 0.1) is 5.82 Å². The SMILES string of the molecule is CN(CCOc1ccccc1F)C(=O)CCN.Cl. The Labute approximate surface area is 112 Å². The molecule has 0 aliphatic carbocycles. The highest BCUT2D eigenvalue weighted by Crippen LogP contribution is 2.14. The largest absolute Gasteiger partial charge is 0.489 e. The summed E-state index contributed by atoms with van der Waals surface area (Å²) in [5.41, 5.74) is 5.28. The Balaban J connectivity index is 0.00000289. The van der Waals surface area contributed by atoms with Crippen LogP contribution in [0.25, 0.3) is 0 Å². The molecular formula is C12H18ClFN2O2. The number of nitrogens with two attached hydrogens (primary N) is 1. The van der Waals surface area contributed by atoms with Crippen LogP contribution in [0.2, 0.25) is 0 Å². The van der Waals surface area contributed by atoms with Crippen molar-refractivity contribution in [1.29, 1.82) is 0 Å². The third-order valence-electron chi connectivity index (χ3n) is 2.30. The van der Waals surface area contributed by atoms with Gasteiger partial charge >= 0.3 is 0 Å². The first-order valence-electron chi connectivity index (χ1n) is 5.46. The van der Waals surface area contributed by atoms with E-state index in [0.717, 1.165) is 0 Å². The number of halogens is 2. The van der Waals surface area contributed by atoms with E-state index in [1.807, 2.05) is 0 Å². The summed E-state index contributed by atoms with van der Waals surface area (Å²) in [6, 6.07) is 6.18. The number of likely N-dealkylation sites (N-methyl/N-ethyl adjacent to an activating group) is 1. The third-order valence-corrected chi connectivity index (χ3v) is 2.30. The van der Waals surface area contributed by atoms with Gasteiger partial charge in [0.05, 0.1) is 6.54 Å². The Morgan fingerprint density at radius 2 is 2.11 bits per heavy atom. The molecule has 0 atom stereocenters. The molecule has 0 saturated carbocycles. The maximum atomic E-state index is 13.2. The predicted molar refractivity (Wildman–Crippen MR) is 70.5 cm³/mol. The number of hydrogen-bond acceptors (Lipinski definition) is 3. The van der Waals surface area contributed by atoms with E-state index < -0.39 is 5.82 Å². The third kappa shape index (κ3) is 5.33. The molecule has 1 amide bonds. The van der Waals surface area contributed by atoms with Crippen LogP contribution < -0.4 is 10.5 Å². The normalized spacial score (nSPS) is 9.50. The van der Waals surface area contributed by atoms with Gasteiger partial charge in [0.25, 0.3) is 0 Å². The van der Waals surface area contributed by atoms with Crippen LogP contribution in [0.1, 0.15) is 6.42 Å². The van der Waals surface area contributed by atoms with Crippen molar-refractivity contribution in [2.24, 2.45) is 5.73 Å². The number of nitrogens with zero attached hydrogens (tertiary/aromatic N) is 1. The molecule has 18 heavy (non-hydrogen) atoms. The second kappa shape index (κ2) is 8.72. The van der Waals surface area contributed by atoms with Crippen LogP contribution in [0.5, 0.6) is 5.75 Å². The molecule has 0 unspecified atom stereocenters. The molecule has 1 aromatic rings. The average molecular weight is 277 g/mol. The Bertz CT molecular complexity index is 377. The Kier molecular flexibility index (Phi) is 8.07. The van der Waals surface area contributed by atoms with Crippen molar-refractivity contribution in [3.05, 3.63) is 30.1 Å². The van der Waals surface area contributed by atoms with E-state index in [1.165, 1.54) is 11.0 Å². The van der Waals surface area contributed by atoms with Crippen molar-refractivity contribution < 1.29 is 13.9 Å². The Morgan fingerprint density at radius 3 is 2.72 bits per heavy atom. The number of hydrogen-bond donors (Lipinski definition) is 1. The molecule has 0 aromatic heterocycles. The summed E-state index contributed by atoms with van der Waals surface area (Å²) < 4.78 is 18.4. The lowest BCUT2D eigenvalue weighted by Gasteiger charge is -2.17. The van der Waals surface area contributed by atoms with E-state index >= 15 is 0 Å². The lowest BCUT2D eigenvalue weighted by Crippen LogP contribution is -2.32. The van der Waals surface area contributed by atoms with Crippen molar-refractivity contribution in [3.8, 4) is 5.75 Å². The monoisotopic (exact) mass is 276 g/mol. The molecule has 0 radical (unpaired) electrons. The van der Waals surface area contributed by atoms with Crippen molar-refractivity contribution in [1.82, 2.24) is 4.90 Å². The van der Waals surface area contributed by atoms with Gasteiger partial charge in [0.15, 0.2) is 11.6 Å². The van der Waals surface area contributed by atoms with Gasteiger partial charge in [-0.05, 0) is 12.1 Å². The first-order valence-corrected chi connectivity index (χ1v) is 5.46. The van der Waals surface area contributed by atoms with Crippen LogP contribution in [-0.4, -0.2) is 37.6 Å². The summed E-state index contributed by atoms with van der Waals surface area (Å²) in [7, 11) is 1.67. The van der Waals surface area contributed by atoms with E-state index in [1.54, 1.807) is 25.2 Å². The summed E-state index contributed by atoms with van der Waals surface area (Å²) in [4.78, 5) is 12.9. The summed E-state index contributed by atoms with van der Waals surface area (Å²) in [6.07, 6.45) is 0.316. The number of amides is 1. The number of ether oxygens (including phenoxy) is 1. The minimum atomic E-state index is -0.400. The molecule has 0 saturated heterocycles. The van der Waals surface area contributed by atoms with Gasteiger partial charge < -0.3 is 15.4 Å². The first-order chi connectivity index (χ1) is 8.15. The topological polar surface area (TPSA) is 55.6 Å². The summed E-state index contributed by atoms with van der Waals surface area (Å²) in [6.45, 7) is 0.998. The standard InChI is InChI=1S/C12H17FN2O2.ClH/c1-15(12(16)6-7-14)8-9-17-11-5-3-2-4-10(11)13;/h2-5H,6-9,14H2,1H3;1H. The highest BCUT2D eigenvalue weighted by molar-refractivity contribution is 5.85. The van der Waals surface area contributed by atoms with Crippen LogP contribution in [0.3, 0.4) is 0 Å². The van der Waals surface area contributed by atoms with Gasteiger partial charge in [0.1, 0.15) is 6.61 Å². The van der Waals surface area contributed by atoms with Crippen molar-refractivity contribution in [3.63, 3.8) is 0 Å². The van der Waals surface area contributed by atoms with E-state index in [0.29, 0.717) is 19.5 Å². The van der Waals surface area contributed by atoms with Gasteiger partial charge in [-0.3, -0.25) is 4.79 Å². The van der Waals surface area contributed by atoms with E-state index in [9.17, 15) is 9.18 Å². The fourth-order valence-corrected chi connectivity index (χ4v) is 1.29. The maximum absolute atomic E-state index is 13.2. The predicted octanol–water partition coefficient (Wildman–Crippen LogP) is 1.43. The molecule has 102 valence electrons. The number of carbonyl (C=O) groups is 1. The quantitative estimate of drug-likeness (QED) is 0.855. The van der Waals surface area contributed by atoms with Crippen LogP contribution >= 0.6 is 12.4 Å². The summed E-state index contributed by atoms with van der Waals surface area (Å²) in [5, 5.41) is 0. The summed E-state index contributed by atoms with van der Waals surface area (Å²) in [5.74, 6) is -0.236. The molecule has 0 aliphatic rings. The second-order valence-electron chi connectivity index (χ2n) is 3.63. The molecule has 0 aliphatic heterocycles. The molecule has 0 bridgehead atoms. The van der Waals surface area contributed by atoms with Crippen LogP contribution in [-0.2, 0) is 4.79 Å². The fraction of sp³-hybridized carbons (Fsp3) is 0.417. The zero-order valence-corrected chi connectivity index (χ0v) is 11.1. The maximum Gasteiger partial charge on any atom is 0.223 e. The van der Waals surface area contributed by atoms with E-state index in [2.05, 4.69) is 0 Å². The molecule has 0 heterocycles. The molecule has 0 fully saturated rings. The lowest BCUT2D eigenvalue weighted by molar-refractivity contribution is -0.130. The van der Waals surface area contributed by atoms with Gasteiger partial charge in [-0.1, -0.05) is 12.1 Å². The molecule has 4 nitrogen and oxygen atoms in total. The lowest BCUT2D eigenvalue weighted by atomic mass is 10.3. The smallest absolute Gasteiger partial charge is 0.223 e. The Hall–Kier alpha value is -1.33. The molecule has 1 rings (SSSR count). The number of benzene rings is 1. The zero-order valence-electron chi connectivity index (χ0n) is 10.3. The van der Waals surface area contributed by atoms with E-state index in [-0.39, 0.29) is 30.7 Å². The van der Waals surface area contributed by atoms with Gasteiger partial charge in [-0.15, -0.1) is 12.4 Å². The molecule has 6 heteroatoms. The molecule has 1 aromatic carbocycles. The molecule has 0 spiro atoms. The minimum absolute atomic E-state index is 0. The van der Waals surface area contributed by atoms with Crippen molar-refractivity contribution in [2.45, 2.75) is 6.42 Å². The first kappa shape index (κ1) is 16.7. The van der Waals surface area contributed by atoms with Gasteiger partial charge in [0.2, 0.25) is 5.91 Å². The summed E-state index contributed by atoms with van der Waals surface area (Å²) >= 11 is 0. The highest BCUT2D eigenvalue weighted by Gasteiger charge is 2.07. The number of para-hydroxylation sites is 1. The highest BCUT2D eigenvalue weighted by atomic mass is 35.5. The van der Waals surface area contributed by atoms with E-state index in [4.69, 9.17) is 10.5 Å². The van der Waals surface area contributed by atoms with Crippen molar-refractivity contribution in [2.75, 3.05) is 26.7 Å².